The van der Waals surface area contributed by atoms with Crippen LogP contribution in [0, 0.1) is 0 Å². The largest absolute Gasteiger partial charge is 0.367 e. The van der Waals surface area contributed by atoms with E-state index in [2.05, 4.69) is 5.32 Å². The van der Waals surface area contributed by atoms with Crippen molar-refractivity contribution in [2.75, 3.05) is 18.4 Å². The summed E-state index contributed by atoms with van der Waals surface area (Å²) in [5.41, 5.74) is 1.57. The van der Waals surface area contributed by atoms with Gasteiger partial charge in [0.1, 0.15) is 17.2 Å². The minimum Gasteiger partial charge on any atom is -0.367 e. The lowest BCUT2D eigenvalue weighted by molar-refractivity contribution is -0.919. The maximum Gasteiger partial charge on any atom is 0.187 e. The standard InChI is InChI=1S/C22H32N4S/c1-3-9-16(10-4-1)23-21-20-17-11-5-6-12-18(17)27-22(20)25-19(24-21)15-26-13-7-2-8-14-26/h16H,1-15H2,(H,23,24,25)/p+1. The Morgan fingerprint density at radius 2 is 1.67 bits per heavy atom. The zero-order valence-corrected chi connectivity index (χ0v) is 17.3. The number of nitrogens with zero attached hydrogens (tertiary/aromatic N) is 2. The molecule has 5 rings (SSSR count). The van der Waals surface area contributed by atoms with Crippen molar-refractivity contribution in [3.63, 3.8) is 0 Å². The lowest BCUT2D eigenvalue weighted by atomic mass is 9.94. The molecule has 2 aromatic rings. The van der Waals surface area contributed by atoms with E-state index in [9.17, 15) is 0 Å². The van der Waals surface area contributed by atoms with E-state index in [0.717, 1.165) is 18.2 Å². The summed E-state index contributed by atoms with van der Waals surface area (Å²) in [6.45, 7) is 3.57. The molecule has 0 spiro atoms. The average molecular weight is 386 g/mol. The van der Waals surface area contributed by atoms with Crippen LogP contribution in [-0.4, -0.2) is 29.1 Å². The third kappa shape index (κ3) is 3.86. The fourth-order valence-corrected chi connectivity index (χ4v) is 6.56. The summed E-state index contributed by atoms with van der Waals surface area (Å²) < 4.78 is 0. The quantitative estimate of drug-likeness (QED) is 0.839. The summed E-state index contributed by atoms with van der Waals surface area (Å²) in [5, 5.41) is 5.26. The molecule has 2 N–H and O–H groups in total. The highest BCUT2D eigenvalue weighted by Gasteiger charge is 2.24. The Morgan fingerprint density at radius 3 is 2.52 bits per heavy atom. The number of piperidine rings is 1. The lowest BCUT2D eigenvalue weighted by Crippen LogP contribution is -3.11. The summed E-state index contributed by atoms with van der Waals surface area (Å²) in [7, 11) is 0. The number of hydrogen-bond donors (Lipinski definition) is 2. The minimum atomic E-state index is 0.603. The molecule has 2 fully saturated rings. The van der Waals surface area contributed by atoms with Crippen molar-refractivity contribution >= 4 is 27.4 Å². The monoisotopic (exact) mass is 385 g/mol. The number of likely N-dealkylation sites (tertiary alicyclic amines) is 1. The van der Waals surface area contributed by atoms with Gasteiger partial charge in [-0.05, 0) is 63.4 Å². The predicted octanol–water partition coefficient (Wildman–Crippen LogP) is 3.88. The van der Waals surface area contributed by atoms with Crippen molar-refractivity contribution in [1.29, 1.82) is 0 Å². The number of rotatable bonds is 4. The minimum absolute atomic E-state index is 0.603. The Hall–Kier alpha value is -1.20. The van der Waals surface area contributed by atoms with Gasteiger partial charge in [-0.1, -0.05) is 19.3 Å². The van der Waals surface area contributed by atoms with Gasteiger partial charge in [0.2, 0.25) is 0 Å². The number of thiophene rings is 1. The van der Waals surface area contributed by atoms with Gasteiger partial charge in [0, 0.05) is 10.9 Å². The molecule has 0 atom stereocenters. The Kier molecular flexibility index (Phi) is 5.32. The van der Waals surface area contributed by atoms with Crippen molar-refractivity contribution in [2.24, 2.45) is 0 Å². The SMILES string of the molecule is C1CCC(Nc2nc(C[NH+]3CCCCC3)nc3sc4c(c23)CCCC4)CC1. The van der Waals surface area contributed by atoms with E-state index < -0.39 is 0 Å². The number of hydrogen-bond acceptors (Lipinski definition) is 4. The fraction of sp³-hybridized carbons (Fsp3) is 0.727. The molecule has 0 amide bonds. The summed E-state index contributed by atoms with van der Waals surface area (Å²) in [6.07, 6.45) is 15.9. The first-order valence-electron chi connectivity index (χ1n) is 11.3. The van der Waals surface area contributed by atoms with Gasteiger partial charge in [-0.2, -0.15) is 0 Å². The second kappa shape index (κ2) is 8.04. The Bertz CT molecular complexity index is 787. The van der Waals surface area contributed by atoms with E-state index >= 15 is 0 Å². The van der Waals surface area contributed by atoms with E-state index in [1.54, 1.807) is 15.3 Å². The highest BCUT2D eigenvalue weighted by Crippen LogP contribution is 2.39. The number of nitrogens with one attached hydrogen (secondary N) is 2. The molecule has 3 aliphatic rings. The van der Waals surface area contributed by atoms with Crippen LogP contribution in [0.3, 0.4) is 0 Å². The topological polar surface area (TPSA) is 42.2 Å². The molecular formula is C22H33N4S+. The molecule has 1 saturated heterocycles. The second-order valence-corrected chi connectivity index (χ2v) is 9.93. The van der Waals surface area contributed by atoms with E-state index in [4.69, 9.17) is 9.97 Å². The van der Waals surface area contributed by atoms with Crippen molar-refractivity contribution in [3.05, 3.63) is 16.3 Å². The number of quaternary nitrogens is 1. The molecule has 2 aromatic heterocycles. The summed E-state index contributed by atoms with van der Waals surface area (Å²) in [6, 6.07) is 0.603. The van der Waals surface area contributed by atoms with Gasteiger partial charge in [-0.15, -0.1) is 11.3 Å². The lowest BCUT2D eigenvalue weighted by Gasteiger charge is -2.25. The smallest absolute Gasteiger partial charge is 0.187 e. The Morgan fingerprint density at radius 1 is 0.889 bits per heavy atom. The van der Waals surface area contributed by atoms with Crippen LogP contribution in [0.1, 0.15) is 80.5 Å². The molecule has 27 heavy (non-hydrogen) atoms. The van der Waals surface area contributed by atoms with Crippen LogP contribution in [0.2, 0.25) is 0 Å². The number of aryl methyl sites for hydroxylation is 2. The third-order valence-corrected chi connectivity index (χ3v) is 7.96. The predicted molar refractivity (Wildman–Crippen MR) is 113 cm³/mol. The molecule has 4 nitrogen and oxygen atoms in total. The zero-order valence-electron chi connectivity index (χ0n) is 16.5. The highest BCUT2D eigenvalue weighted by molar-refractivity contribution is 7.19. The molecular weight excluding hydrogens is 352 g/mol. The van der Waals surface area contributed by atoms with Crippen LogP contribution in [0.4, 0.5) is 5.82 Å². The van der Waals surface area contributed by atoms with Gasteiger partial charge < -0.3 is 10.2 Å². The van der Waals surface area contributed by atoms with Gasteiger partial charge in [-0.3, -0.25) is 0 Å². The van der Waals surface area contributed by atoms with Crippen LogP contribution in [0.25, 0.3) is 10.2 Å². The van der Waals surface area contributed by atoms with Gasteiger partial charge >= 0.3 is 0 Å². The van der Waals surface area contributed by atoms with Crippen LogP contribution in [-0.2, 0) is 19.4 Å². The molecule has 0 bridgehead atoms. The third-order valence-electron chi connectivity index (χ3n) is 6.78. The molecule has 146 valence electrons. The Balaban J connectivity index is 1.50. The van der Waals surface area contributed by atoms with Gasteiger partial charge in [-0.25, -0.2) is 9.97 Å². The number of anilines is 1. The van der Waals surface area contributed by atoms with Crippen LogP contribution >= 0.6 is 11.3 Å². The second-order valence-electron chi connectivity index (χ2n) is 8.85. The van der Waals surface area contributed by atoms with Crippen LogP contribution in [0.15, 0.2) is 0 Å². The zero-order chi connectivity index (χ0) is 18.1. The molecule has 1 saturated carbocycles. The van der Waals surface area contributed by atoms with E-state index in [0.29, 0.717) is 6.04 Å². The normalized spacial score (nSPS) is 22.1. The highest BCUT2D eigenvalue weighted by atomic mass is 32.1. The first-order chi connectivity index (χ1) is 13.4. The first-order valence-corrected chi connectivity index (χ1v) is 12.1. The molecule has 0 unspecified atom stereocenters. The molecule has 0 radical (unpaired) electrons. The average Bonchev–Trinajstić information content (AvgIpc) is 3.08. The number of fused-ring (bicyclic) bond motifs is 3. The fourth-order valence-electron chi connectivity index (χ4n) is 5.28. The van der Waals surface area contributed by atoms with E-state index in [1.807, 2.05) is 11.3 Å². The van der Waals surface area contributed by atoms with Crippen molar-refractivity contribution < 1.29 is 4.90 Å². The van der Waals surface area contributed by atoms with Crippen molar-refractivity contribution in [3.8, 4) is 0 Å². The van der Waals surface area contributed by atoms with Gasteiger partial charge in [0.05, 0.1) is 18.5 Å². The van der Waals surface area contributed by atoms with E-state index in [1.165, 1.54) is 100 Å². The van der Waals surface area contributed by atoms with Gasteiger partial charge in [0.25, 0.3) is 0 Å². The maximum absolute atomic E-state index is 5.13. The molecule has 3 heterocycles. The summed E-state index contributed by atoms with van der Waals surface area (Å²) >= 11 is 1.95. The molecule has 1 aliphatic heterocycles. The molecule has 0 aromatic carbocycles. The first kappa shape index (κ1) is 17.9. The molecule has 5 heteroatoms. The van der Waals surface area contributed by atoms with E-state index in [-0.39, 0.29) is 0 Å². The number of aromatic nitrogens is 2. The van der Waals surface area contributed by atoms with Crippen molar-refractivity contribution in [1.82, 2.24) is 9.97 Å². The van der Waals surface area contributed by atoms with Crippen LogP contribution < -0.4 is 10.2 Å². The summed E-state index contributed by atoms with van der Waals surface area (Å²) in [4.78, 5) is 14.7. The van der Waals surface area contributed by atoms with Gasteiger partial charge in [0.15, 0.2) is 5.82 Å². The van der Waals surface area contributed by atoms with Crippen molar-refractivity contribution in [2.45, 2.75) is 89.6 Å². The van der Waals surface area contributed by atoms with Crippen LogP contribution in [0.5, 0.6) is 0 Å². The molecule has 2 aliphatic carbocycles. The Labute approximate surface area is 166 Å². The maximum atomic E-state index is 5.13. The summed E-state index contributed by atoms with van der Waals surface area (Å²) in [5.74, 6) is 2.23.